The maximum absolute atomic E-state index is 12.6. The lowest BCUT2D eigenvalue weighted by atomic mass is 10.1. The Morgan fingerprint density at radius 2 is 1.91 bits per heavy atom. The first kappa shape index (κ1) is 15.4. The zero-order valence-corrected chi connectivity index (χ0v) is 13.4. The van der Waals surface area contributed by atoms with Crippen LogP contribution in [0.15, 0.2) is 53.5 Å². The van der Waals surface area contributed by atoms with Gasteiger partial charge in [-0.1, -0.05) is 36.7 Å². The smallest absolute Gasteiger partial charge is 0.277 e. The zero-order chi connectivity index (χ0) is 16.4. The summed E-state index contributed by atoms with van der Waals surface area (Å²) in [6.45, 7) is 2.57. The summed E-state index contributed by atoms with van der Waals surface area (Å²) in [5.74, 6) is -0.688. The van der Waals surface area contributed by atoms with E-state index >= 15 is 0 Å². The molecule has 116 valence electrons. The lowest BCUT2D eigenvalue weighted by Crippen LogP contribution is -2.31. The number of aliphatic imine (C=N–C) groups is 1. The molecular weight excluding hydrogens is 312 g/mol. The Labute approximate surface area is 139 Å². The molecule has 0 saturated carbocycles. The maximum atomic E-state index is 12.6. The molecule has 1 heterocycles. The molecule has 0 N–H and O–H groups in total. The van der Waals surface area contributed by atoms with Gasteiger partial charge in [0.1, 0.15) is 5.71 Å². The average molecular weight is 327 g/mol. The minimum atomic E-state index is -0.432. The zero-order valence-electron chi connectivity index (χ0n) is 12.6. The summed E-state index contributed by atoms with van der Waals surface area (Å²) in [5, 5.41) is 0.509. The van der Waals surface area contributed by atoms with Crippen LogP contribution in [0.1, 0.15) is 29.3 Å². The van der Waals surface area contributed by atoms with Crippen molar-refractivity contribution in [2.24, 2.45) is 4.99 Å². The van der Waals surface area contributed by atoms with Gasteiger partial charge in [0.25, 0.3) is 11.8 Å². The Balaban J connectivity index is 2.06. The van der Waals surface area contributed by atoms with Gasteiger partial charge in [0, 0.05) is 22.7 Å². The SMILES string of the molecule is CCCN1C(=O)C(=NC(=O)c2ccccc2)c2cc(Cl)ccc21. The van der Waals surface area contributed by atoms with E-state index in [1.54, 1.807) is 47.4 Å². The van der Waals surface area contributed by atoms with Crippen LogP contribution < -0.4 is 4.90 Å². The van der Waals surface area contributed by atoms with E-state index in [9.17, 15) is 9.59 Å². The van der Waals surface area contributed by atoms with Gasteiger partial charge in [-0.15, -0.1) is 0 Å². The van der Waals surface area contributed by atoms with Crippen LogP contribution in [0.25, 0.3) is 0 Å². The minimum Gasteiger partial charge on any atom is -0.306 e. The molecule has 0 aliphatic carbocycles. The second kappa shape index (κ2) is 6.34. The lowest BCUT2D eigenvalue weighted by molar-refractivity contribution is -0.112. The Morgan fingerprint density at radius 1 is 1.17 bits per heavy atom. The quantitative estimate of drug-likeness (QED) is 0.863. The summed E-state index contributed by atoms with van der Waals surface area (Å²) >= 11 is 6.04. The van der Waals surface area contributed by atoms with E-state index in [1.807, 2.05) is 13.0 Å². The van der Waals surface area contributed by atoms with Crippen molar-refractivity contribution >= 4 is 34.8 Å². The third kappa shape index (κ3) is 2.90. The molecule has 0 bridgehead atoms. The van der Waals surface area contributed by atoms with Crippen molar-refractivity contribution in [3.63, 3.8) is 0 Å². The van der Waals surface area contributed by atoms with Crippen molar-refractivity contribution in [2.75, 3.05) is 11.4 Å². The number of carbonyl (C=O) groups excluding carboxylic acids is 2. The van der Waals surface area contributed by atoms with Gasteiger partial charge in [-0.3, -0.25) is 9.59 Å². The number of nitrogens with zero attached hydrogens (tertiary/aromatic N) is 2. The molecule has 0 radical (unpaired) electrons. The Hall–Kier alpha value is -2.46. The molecule has 3 rings (SSSR count). The highest BCUT2D eigenvalue weighted by Gasteiger charge is 2.34. The third-order valence-electron chi connectivity index (χ3n) is 3.63. The van der Waals surface area contributed by atoms with E-state index in [0.717, 1.165) is 12.1 Å². The number of halogens is 1. The number of rotatable bonds is 3. The van der Waals surface area contributed by atoms with E-state index in [4.69, 9.17) is 11.6 Å². The van der Waals surface area contributed by atoms with Crippen molar-refractivity contribution in [1.29, 1.82) is 0 Å². The Morgan fingerprint density at radius 3 is 2.61 bits per heavy atom. The van der Waals surface area contributed by atoms with E-state index in [0.29, 0.717) is 22.7 Å². The van der Waals surface area contributed by atoms with Crippen LogP contribution in [-0.2, 0) is 4.79 Å². The van der Waals surface area contributed by atoms with Crippen LogP contribution in [-0.4, -0.2) is 24.1 Å². The highest BCUT2D eigenvalue weighted by molar-refractivity contribution is 6.55. The summed E-state index contributed by atoms with van der Waals surface area (Å²) in [6.07, 6.45) is 0.813. The van der Waals surface area contributed by atoms with Crippen LogP contribution in [0.2, 0.25) is 5.02 Å². The topological polar surface area (TPSA) is 49.7 Å². The van der Waals surface area contributed by atoms with Crippen molar-refractivity contribution in [3.8, 4) is 0 Å². The number of hydrogen-bond acceptors (Lipinski definition) is 2. The summed E-state index contributed by atoms with van der Waals surface area (Å²) in [7, 11) is 0. The maximum Gasteiger partial charge on any atom is 0.277 e. The second-order valence-electron chi connectivity index (χ2n) is 5.25. The summed E-state index contributed by atoms with van der Waals surface area (Å²) in [4.78, 5) is 30.7. The largest absolute Gasteiger partial charge is 0.306 e. The molecule has 0 spiro atoms. The first-order chi connectivity index (χ1) is 11.1. The molecule has 0 saturated heterocycles. The number of amides is 2. The molecule has 0 unspecified atom stereocenters. The van der Waals surface area contributed by atoms with Gasteiger partial charge in [0.05, 0.1) is 5.69 Å². The van der Waals surface area contributed by atoms with Gasteiger partial charge >= 0.3 is 0 Å². The number of benzene rings is 2. The van der Waals surface area contributed by atoms with Gasteiger partial charge in [0.15, 0.2) is 0 Å². The lowest BCUT2D eigenvalue weighted by Gasteiger charge is -2.15. The standard InChI is InChI=1S/C18H15ClN2O2/c1-2-10-21-15-9-8-13(19)11-14(15)16(18(21)23)20-17(22)12-6-4-3-5-7-12/h3-9,11H,2,10H2,1H3. The highest BCUT2D eigenvalue weighted by Crippen LogP contribution is 2.32. The summed E-state index contributed by atoms with van der Waals surface area (Å²) in [6, 6.07) is 13.9. The molecule has 23 heavy (non-hydrogen) atoms. The van der Waals surface area contributed by atoms with E-state index in [2.05, 4.69) is 4.99 Å². The van der Waals surface area contributed by atoms with Gasteiger partial charge in [-0.05, 0) is 36.8 Å². The Kier molecular flexibility index (Phi) is 4.26. The van der Waals surface area contributed by atoms with E-state index in [1.165, 1.54) is 0 Å². The number of carbonyl (C=O) groups is 2. The predicted molar refractivity (Wildman–Crippen MR) is 91.4 cm³/mol. The average Bonchev–Trinajstić information content (AvgIpc) is 2.81. The second-order valence-corrected chi connectivity index (χ2v) is 5.69. The van der Waals surface area contributed by atoms with Crippen molar-refractivity contribution < 1.29 is 9.59 Å². The van der Waals surface area contributed by atoms with Crippen molar-refractivity contribution in [3.05, 3.63) is 64.7 Å². The van der Waals surface area contributed by atoms with Gasteiger partial charge in [0.2, 0.25) is 0 Å². The molecular formula is C18H15ClN2O2. The van der Waals surface area contributed by atoms with Gasteiger partial charge in [-0.2, -0.15) is 0 Å². The van der Waals surface area contributed by atoms with Crippen LogP contribution in [0.4, 0.5) is 5.69 Å². The van der Waals surface area contributed by atoms with Gasteiger partial charge < -0.3 is 4.90 Å². The van der Waals surface area contributed by atoms with Gasteiger partial charge in [-0.25, -0.2) is 4.99 Å². The fourth-order valence-corrected chi connectivity index (χ4v) is 2.76. The number of fused-ring (bicyclic) bond motifs is 1. The molecule has 0 fully saturated rings. The van der Waals surface area contributed by atoms with Crippen molar-refractivity contribution in [1.82, 2.24) is 0 Å². The molecule has 2 aromatic rings. The fourth-order valence-electron chi connectivity index (χ4n) is 2.59. The molecule has 5 heteroatoms. The highest BCUT2D eigenvalue weighted by atomic mass is 35.5. The van der Waals surface area contributed by atoms with E-state index < -0.39 is 5.91 Å². The summed E-state index contributed by atoms with van der Waals surface area (Å²) in [5.41, 5.74) is 1.97. The molecule has 2 aromatic carbocycles. The molecule has 1 aliphatic rings. The first-order valence-corrected chi connectivity index (χ1v) is 7.79. The summed E-state index contributed by atoms with van der Waals surface area (Å²) < 4.78 is 0. The predicted octanol–water partition coefficient (Wildman–Crippen LogP) is 3.73. The number of anilines is 1. The molecule has 0 atom stereocenters. The first-order valence-electron chi connectivity index (χ1n) is 7.41. The van der Waals surface area contributed by atoms with Crippen LogP contribution >= 0.6 is 11.6 Å². The van der Waals surface area contributed by atoms with Crippen LogP contribution in [0, 0.1) is 0 Å². The molecule has 1 aliphatic heterocycles. The normalized spacial score (nSPS) is 15.1. The fraction of sp³-hybridized carbons (Fsp3) is 0.167. The van der Waals surface area contributed by atoms with Crippen LogP contribution in [0.3, 0.4) is 0 Å². The van der Waals surface area contributed by atoms with E-state index in [-0.39, 0.29) is 11.6 Å². The third-order valence-corrected chi connectivity index (χ3v) is 3.87. The Bertz CT molecular complexity index is 800. The monoisotopic (exact) mass is 326 g/mol. The molecule has 0 aromatic heterocycles. The minimum absolute atomic E-state index is 0.157. The van der Waals surface area contributed by atoms with Crippen LogP contribution in [0.5, 0.6) is 0 Å². The van der Waals surface area contributed by atoms with Crippen molar-refractivity contribution in [2.45, 2.75) is 13.3 Å². The molecule has 4 nitrogen and oxygen atoms in total. The molecule has 2 amide bonds. The number of hydrogen-bond donors (Lipinski definition) is 0.